The van der Waals surface area contributed by atoms with E-state index in [-0.39, 0.29) is 24.6 Å². The molecular weight excluding hydrogens is 372 g/mol. The molecule has 168 valence electrons. The summed E-state index contributed by atoms with van der Waals surface area (Å²) < 4.78 is 15.5. The highest BCUT2D eigenvalue weighted by atomic mass is 16.6. The highest BCUT2D eigenvalue weighted by Crippen LogP contribution is 2.41. The lowest BCUT2D eigenvalue weighted by molar-refractivity contribution is -0.165. The summed E-state index contributed by atoms with van der Waals surface area (Å²) in [6, 6.07) is 0. The quantitative estimate of drug-likeness (QED) is 0.152. The highest BCUT2D eigenvalue weighted by Gasteiger charge is 2.55. The maximum Gasteiger partial charge on any atom is 0.323 e. The van der Waals surface area contributed by atoms with Crippen molar-refractivity contribution in [3.8, 4) is 0 Å². The molecule has 1 heterocycles. The van der Waals surface area contributed by atoms with Crippen LogP contribution in [0.5, 0.6) is 0 Å². The van der Waals surface area contributed by atoms with Gasteiger partial charge in [0.2, 0.25) is 0 Å². The van der Waals surface area contributed by atoms with E-state index >= 15 is 0 Å². The van der Waals surface area contributed by atoms with Gasteiger partial charge in [-0.05, 0) is 32.6 Å². The number of cyclic esters (lactones) is 1. The second kappa shape index (κ2) is 14.4. The molecule has 1 aliphatic heterocycles. The molecule has 0 N–H and O–H groups in total. The van der Waals surface area contributed by atoms with Crippen molar-refractivity contribution in [2.75, 3.05) is 13.7 Å². The van der Waals surface area contributed by atoms with Crippen molar-refractivity contribution in [2.45, 2.75) is 110 Å². The lowest BCUT2D eigenvalue weighted by Crippen LogP contribution is -2.37. The van der Waals surface area contributed by atoms with Crippen molar-refractivity contribution >= 4 is 17.9 Å². The van der Waals surface area contributed by atoms with Crippen molar-refractivity contribution in [3.63, 3.8) is 0 Å². The maximum absolute atomic E-state index is 12.6. The summed E-state index contributed by atoms with van der Waals surface area (Å²) in [4.78, 5) is 36.3. The molecule has 1 aliphatic rings. The van der Waals surface area contributed by atoms with E-state index < -0.39 is 11.4 Å². The van der Waals surface area contributed by atoms with Gasteiger partial charge in [0, 0.05) is 12.8 Å². The first-order valence-corrected chi connectivity index (χ1v) is 11.4. The van der Waals surface area contributed by atoms with Gasteiger partial charge in [0.25, 0.3) is 0 Å². The van der Waals surface area contributed by atoms with Crippen molar-refractivity contribution < 1.29 is 28.6 Å². The van der Waals surface area contributed by atoms with E-state index in [1.54, 1.807) is 6.92 Å². The Kier molecular flexibility index (Phi) is 12.6. The Morgan fingerprint density at radius 2 is 1.66 bits per heavy atom. The minimum Gasteiger partial charge on any atom is -0.469 e. The monoisotopic (exact) mass is 412 g/mol. The number of ether oxygens (including phenoxy) is 3. The smallest absolute Gasteiger partial charge is 0.323 e. The van der Waals surface area contributed by atoms with Crippen LogP contribution in [-0.4, -0.2) is 37.7 Å². The molecule has 0 aromatic heterocycles. The van der Waals surface area contributed by atoms with Gasteiger partial charge in [0.05, 0.1) is 13.7 Å². The van der Waals surface area contributed by atoms with Gasteiger partial charge in [-0.1, -0.05) is 58.3 Å². The van der Waals surface area contributed by atoms with Gasteiger partial charge in [-0.3, -0.25) is 14.4 Å². The molecule has 0 spiro atoms. The minimum absolute atomic E-state index is 0.146. The molecule has 0 aliphatic carbocycles. The summed E-state index contributed by atoms with van der Waals surface area (Å²) in [5.41, 5.74) is -1.09. The van der Waals surface area contributed by atoms with E-state index in [1.165, 1.54) is 7.11 Å². The highest BCUT2D eigenvalue weighted by molar-refractivity contribution is 6.01. The molecule has 0 amide bonds. The molecule has 29 heavy (non-hydrogen) atoms. The predicted octanol–water partition coefficient (Wildman–Crippen LogP) is 5.12. The van der Waals surface area contributed by atoms with Gasteiger partial charge in [-0.2, -0.15) is 0 Å². The van der Waals surface area contributed by atoms with E-state index in [4.69, 9.17) is 9.47 Å². The maximum atomic E-state index is 12.6. The Morgan fingerprint density at radius 3 is 2.31 bits per heavy atom. The Morgan fingerprint density at radius 1 is 1.00 bits per heavy atom. The van der Waals surface area contributed by atoms with Crippen molar-refractivity contribution in [1.29, 1.82) is 0 Å². The van der Waals surface area contributed by atoms with Gasteiger partial charge in [0.15, 0.2) is 5.41 Å². The number of methoxy groups -OCH3 is 1. The molecule has 0 saturated carbocycles. The van der Waals surface area contributed by atoms with Crippen molar-refractivity contribution in [2.24, 2.45) is 5.41 Å². The number of carbonyl (C=O) groups is 3. The first-order chi connectivity index (χ1) is 14.0. The van der Waals surface area contributed by atoms with Gasteiger partial charge in [-0.15, -0.1) is 0 Å². The third kappa shape index (κ3) is 8.75. The molecular formula is C23H40O6. The number of carbonyl (C=O) groups excluding carboxylic acids is 3. The summed E-state index contributed by atoms with van der Waals surface area (Å²) in [5.74, 6) is -0.942. The molecule has 0 unspecified atom stereocenters. The fraction of sp³-hybridized carbons (Fsp3) is 0.870. The van der Waals surface area contributed by atoms with Crippen LogP contribution in [0.3, 0.4) is 0 Å². The van der Waals surface area contributed by atoms with Crippen molar-refractivity contribution in [3.05, 3.63) is 0 Å². The third-order valence-electron chi connectivity index (χ3n) is 5.75. The topological polar surface area (TPSA) is 78.9 Å². The van der Waals surface area contributed by atoms with Crippen LogP contribution in [0.25, 0.3) is 0 Å². The fourth-order valence-corrected chi connectivity index (χ4v) is 3.98. The molecule has 2 atom stereocenters. The van der Waals surface area contributed by atoms with Gasteiger partial charge < -0.3 is 14.2 Å². The van der Waals surface area contributed by atoms with Crippen LogP contribution in [0.2, 0.25) is 0 Å². The van der Waals surface area contributed by atoms with E-state index in [9.17, 15) is 14.4 Å². The first-order valence-electron chi connectivity index (χ1n) is 11.4. The van der Waals surface area contributed by atoms with Crippen LogP contribution in [0.15, 0.2) is 0 Å². The molecule has 0 aromatic rings. The summed E-state index contributed by atoms with van der Waals surface area (Å²) in [7, 11) is 1.42. The number of esters is 3. The zero-order chi connectivity index (χ0) is 21.5. The van der Waals surface area contributed by atoms with Crippen LogP contribution in [0.1, 0.15) is 104 Å². The second-order valence-corrected chi connectivity index (χ2v) is 8.08. The molecule has 0 bridgehead atoms. The molecule has 6 nitrogen and oxygen atoms in total. The number of hydrogen-bond acceptors (Lipinski definition) is 6. The van der Waals surface area contributed by atoms with Crippen LogP contribution >= 0.6 is 0 Å². The van der Waals surface area contributed by atoms with E-state index in [1.807, 2.05) is 0 Å². The Balaban J connectivity index is 2.36. The zero-order valence-corrected chi connectivity index (χ0v) is 18.6. The first kappa shape index (κ1) is 25.4. The molecule has 1 saturated heterocycles. The van der Waals surface area contributed by atoms with Crippen LogP contribution in [0, 0.1) is 5.41 Å². The van der Waals surface area contributed by atoms with E-state index in [2.05, 4.69) is 11.7 Å². The standard InChI is InChI=1S/C23H40O6/c1-4-6-7-14-17-23(21(25)28-5-2)18-19(29-22(23)26)15-12-10-8-9-11-13-16-20(24)27-3/h19H,4-18H2,1-3H3/t19-,23-/m0/s1. The van der Waals surface area contributed by atoms with Crippen LogP contribution in [-0.2, 0) is 28.6 Å². The largest absolute Gasteiger partial charge is 0.469 e. The minimum atomic E-state index is -1.09. The SMILES string of the molecule is CCCCCC[C@@]1(C(=O)OCC)C[C@H](CCCCCCCCC(=O)OC)OC1=O. The van der Waals surface area contributed by atoms with Gasteiger partial charge in [-0.25, -0.2) is 0 Å². The summed E-state index contributed by atoms with van der Waals surface area (Å²) in [6.45, 7) is 4.19. The van der Waals surface area contributed by atoms with Gasteiger partial charge >= 0.3 is 17.9 Å². The average Bonchev–Trinajstić information content (AvgIpc) is 3.03. The molecule has 0 aromatic carbocycles. The number of unbranched alkanes of at least 4 members (excludes halogenated alkanes) is 8. The molecule has 1 rings (SSSR count). The molecule has 0 radical (unpaired) electrons. The van der Waals surface area contributed by atoms with Crippen LogP contribution in [0.4, 0.5) is 0 Å². The summed E-state index contributed by atoms with van der Waals surface area (Å²) in [6.07, 6.45) is 12.3. The normalized spacial score (nSPS) is 21.1. The number of rotatable bonds is 16. The Bertz CT molecular complexity index is 504. The lowest BCUT2D eigenvalue weighted by Gasteiger charge is -2.22. The second-order valence-electron chi connectivity index (χ2n) is 8.08. The summed E-state index contributed by atoms with van der Waals surface area (Å²) >= 11 is 0. The molecule has 1 fully saturated rings. The van der Waals surface area contributed by atoms with E-state index in [0.29, 0.717) is 19.3 Å². The van der Waals surface area contributed by atoms with Crippen LogP contribution < -0.4 is 0 Å². The summed E-state index contributed by atoms with van der Waals surface area (Å²) in [5, 5.41) is 0. The van der Waals surface area contributed by atoms with Crippen molar-refractivity contribution in [1.82, 2.24) is 0 Å². The lowest BCUT2D eigenvalue weighted by atomic mass is 9.79. The zero-order valence-electron chi connectivity index (χ0n) is 18.6. The Labute approximate surface area is 176 Å². The van der Waals surface area contributed by atoms with E-state index in [0.717, 1.165) is 70.6 Å². The average molecular weight is 413 g/mol. The van der Waals surface area contributed by atoms with Gasteiger partial charge in [0.1, 0.15) is 6.10 Å². The molecule has 6 heteroatoms. The fourth-order valence-electron chi connectivity index (χ4n) is 3.98. The Hall–Kier alpha value is -1.59. The predicted molar refractivity (Wildman–Crippen MR) is 111 cm³/mol. The number of hydrogen-bond donors (Lipinski definition) is 0. The third-order valence-corrected chi connectivity index (χ3v) is 5.75.